The largest absolute Gasteiger partial charge is 0.424 e. The molecule has 2 aromatic rings. The fourth-order valence-corrected chi connectivity index (χ4v) is 1.67. The van der Waals surface area contributed by atoms with Crippen molar-refractivity contribution in [3.8, 4) is 0 Å². The molecule has 0 radical (unpaired) electrons. The van der Waals surface area contributed by atoms with Crippen LogP contribution >= 0.6 is 15.9 Å². The van der Waals surface area contributed by atoms with Gasteiger partial charge in [-0.05, 0) is 24.6 Å². The van der Waals surface area contributed by atoms with Crippen LogP contribution < -0.4 is 5.76 Å². The van der Waals surface area contributed by atoms with E-state index in [0.29, 0.717) is 9.04 Å². The summed E-state index contributed by atoms with van der Waals surface area (Å²) in [7, 11) is 0. The smallest absolute Gasteiger partial charge is 0.408 e. The topological polar surface area (TPSA) is 35.1 Å². The van der Waals surface area contributed by atoms with Gasteiger partial charge in [0.2, 0.25) is 0 Å². The van der Waals surface area contributed by atoms with E-state index in [1.54, 1.807) is 13.0 Å². The van der Waals surface area contributed by atoms with Crippen molar-refractivity contribution in [1.82, 2.24) is 4.57 Å². The van der Waals surface area contributed by atoms with Crippen LogP contribution in [0.2, 0.25) is 0 Å². The lowest BCUT2D eigenvalue weighted by atomic mass is 10.2. The number of nitrogens with zero attached hydrogens (tertiary/aromatic N) is 1. The molecule has 0 N–H and O–H groups in total. The molecule has 0 aliphatic heterocycles. The summed E-state index contributed by atoms with van der Waals surface area (Å²) >= 11 is 3.21. The molecule has 1 aromatic carbocycles. The summed E-state index contributed by atoms with van der Waals surface area (Å²) in [4.78, 5) is 11.1. The van der Waals surface area contributed by atoms with E-state index in [-0.39, 0.29) is 11.1 Å². The quantitative estimate of drug-likeness (QED) is 0.803. The molecule has 0 aliphatic rings. The number of aromatic nitrogens is 1. The first-order valence-electron chi connectivity index (χ1n) is 4.10. The Morgan fingerprint density at radius 2 is 2.13 bits per heavy atom. The van der Waals surface area contributed by atoms with Crippen LogP contribution in [0.5, 0.6) is 0 Å². The molecule has 0 unspecified atom stereocenters. The Morgan fingerprint density at radius 3 is 2.73 bits per heavy atom. The van der Waals surface area contributed by atoms with Gasteiger partial charge in [-0.3, -0.25) is 0 Å². The second kappa shape index (κ2) is 3.44. The Morgan fingerprint density at radius 1 is 1.47 bits per heavy atom. The van der Waals surface area contributed by atoms with E-state index < -0.39 is 12.3 Å². The first-order chi connectivity index (χ1) is 7.00. The van der Waals surface area contributed by atoms with Crippen LogP contribution in [0.3, 0.4) is 0 Å². The second-order valence-electron chi connectivity index (χ2n) is 3.08. The van der Waals surface area contributed by atoms with Crippen LogP contribution in [-0.2, 0) is 0 Å². The minimum atomic E-state index is -2.90. The van der Waals surface area contributed by atoms with Gasteiger partial charge in [-0.1, -0.05) is 15.9 Å². The Balaban J connectivity index is 2.88. The molecule has 2 rings (SSSR count). The number of hydrogen-bond donors (Lipinski definition) is 0. The predicted molar refractivity (Wildman–Crippen MR) is 54.2 cm³/mol. The summed E-state index contributed by atoms with van der Waals surface area (Å²) in [5.74, 6) is -1.04. The molecule has 0 fully saturated rings. The number of benzene rings is 1. The van der Waals surface area contributed by atoms with Crippen molar-refractivity contribution in [2.45, 2.75) is 13.5 Å². The van der Waals surface area contributed by atoms with Crippen molar-refractivity contribution in [2.75, 3.05) is 0 Å². The Labute approximate surface area is 91.4 Å². The van der Waals surface area contributed by atoms with Crippen LogP contribution in [0.15, 0.2) is 25.8 Å². The summed E-state index contributed by atoms with van der Waals surface area (Å²) in [6, 6.07) is 2.99. The number of halogens is 3. The lowest BCUT2D eigenvalue weighted by Crippen LogP contribution is -2.14. The summed E-state index contributed by atoms with van der Waals surface area (Å²) in [6.45, 7) is -1.11. The molecule has 0 bridgehead atoms. The maximum atomic E-state index is 12.5. The van der Waals surface area contributed by atoms with E-state index in [1.807, 2.05) is 0 Å². The molecular formula is C9H6BrF2NO2. The monoisotopic (exact) mass is 277 g/mol. The predicted octanol–water partition coefficient (Wildman–Crippen LogP) is 3.06. The molecule has 0 aliphatic carbocycles. The highest BCUT2D eigenvalue weighted by Crippen LogP contribution is 2.25. The number of hydrogen-bond acceptors (Lipinski definition) is 2. The fraction of sp³-hybridized carbons (Fsp3) is 0.222. The van der Waals surface area contributed by atoms with Gasteiger partial charge in [-0.25, -0.2) is 9.36 Å². The highest BCUT2D eigenvalue weighted by molar-refractivity contribution is 9.10. The zero-order valence-electron chi connectivity index (χ0n) is 7.63. The molecule has 0 atom stereocenters. The number of oxazole rings is 1. The summed E-state index contributed by atoms with van der Waals surface area (Å²) in [6.07, 6.45) is 0. The summed E-state index contributed by atoms with van der Waals surface area (Å²) in [5, 5.41) is 0. The van der Waals surface area contributed by atoms with Crippen molar-refractivity contribution in [1.29, 1.82) is 0 Å². The molecule has 0 saturated heterocycles. The lowest BCUT2D eigenvalue weighted by molar-refractivity contribution is 0.0670. The van der Waals surface area contributed by atoms with Crippen molar-refractivity contribution in [3.05, 3.63) is 32.7 Å². The van der Waals surface area contributed by atoms with Gasteiger partial charge >= 0.3 is 12.3 Å². The third-order valence-electron chi connectivity index (χ3n) is 2.09. The zero-order chi connectivity index (χ0) is 11.2. The third-order valence-corrected chi connectivity index (χ3v) is 2.94. The normalized spacial score (nSPS) is 11.5. The molecule has 1 heterocycles. The first-order valence-corrected chi connectivity index (χ1v) is 4.89. The fourth-order valence-electron chi connectivity index (χ4n) is 1.34. The molecule has 0 spiro atoms. The second-order valence-corrected chi connectivity index (χ2v) is 3.94. The summed E-state index contributed by atoms with van der Waals surface area (Å²) in [5.41, 5.74) is 1.08. The van der Waals surface area contributed by atoms with Gasteiger partial charge in [0.05, 0.1) is 5.52 Å². The molecule has 80 valence electrons. The first kappa shape index (κ1) is 10.4. The Bertz CT molecular complexity index is 573. The van der Waals surface area contributed by atoms with Gasteiger partial charge in [0.25, 0.3) is 0 Å². The SMILES string of the molecule is Cc1cc2oc(=O)n(C(F)F)c2cc1Br. The number of fused-ring (bicyclic) bond motifs is 1. The van der Waals surface area contributed by atoms with Crippen LogP contribution in [-0.4, -0.2) is 4.57 Å². The number of rotatable bonds is 1. The third kappa shape index (κ3) is 1.58. The van der Waals surface area contributed by atoms with Gasteiger partial charge in [-0.2, -0.15) is 8.78 Å². The van der Waals surface area contributed by atoms with E-state index in [0.717, 1.165) is 5.56 Å². The lowest BCUT2D eigenvalue weighted by Gasteiger charge is -2.00. The highest BCUT2D eigenvalue weighted by atomic mass is 79.9. The van der Waals surface area contributed by atoms with Gasteiger partial charge in [-0.15, -0.1) is 0 Å². The molecule has 0 amide bonds. The van der Waals surface area contributed by atoms with Gasteiger partial charge in [0.1, 0.15) is 0 Å². The van der Waals surface area contributed by atoms with Gasteiger partial charge in [0.15, 0.2) is 5.58 Å². The van der Waals surface area contributed by atoms with E-state index in [4.69, 9.17) is 4.42 Å². The molecule has 3 nitrogen and oxygen atoms in total. The van der Waals surface area contributed by atoms with E-state index >= 15 is 0 Å². The van der Waals surface area contributed by atoms with Crippen LogP contribution in [0, 0.1) is 6.92 Å². The summed E-state index contributed by atoms with van der Waals surface area (Å²) < 4.78 is 30.7. The van der Waals surface area contributed by atoms with Crippen molar-refractivity contribution >= 4 is 27.0 Å². The standard InChI is InChI=1S/C9H6BrF2NO2/c1-4-2-7-6(3-5(4)10)13(8(11)12)9(14)15-7/h2-3,8H,1H3. The molecule has 1 aromatic heterocycles. The Kier molecular flexibility index (Phi) is 2.38. The minimum Gasteiger partial charge on any atom is -0.408 e. The Hall–Kier alpha value is -1.17. The van der Waals surface area contributed by atoms with Crippen molar-refractivity contribution in [2.24, 2.45) is 0 Å². The average molecular weight is 278 g/mol. The van der Waals surface area contributed by atoms with E-state index in [9.17, 15) is 13.6 Å². The maximum absolute atomic E-state index is 12.5. The van der Waals surface area contributed by atoms with Gasteiger partial charge in [0, 0.05) is 4.47 Å². The van der Waals surface area contributed by atoms with Crippen molar-refractivity contribution < 1.29 is 13.2 Å². The van der Waals surface area contributed by atoms with Crippen LogP contribution in [0.4, 0.5) is 8.78 Å². The van der Waals surface area contributed by atoms with E-state index in [1.165, 1.54) is 6.07 Å². The minimum absolute atomic E-state index is 0.0903. The zero-order valence-corrected chi connectivity index (χ0v) is 9.22. The van der Waals surface area contributed by atoms with Crippen LogP contribution in [0.25, 0.3) is 11.1 Å². The van der Waals surface area contributed by atoms with Crippen LogP contribution in [0.1, 0.15) is 12.1 Å². The average Bonchev–Trinajstić information content (AvgIpc) is 2.41. The highest BCUT2D eigenvalue weighted by Gasteiger charge is 2.17. The molecular weight excluding hydrogens is 272 g/mol. The van der Waals surface area contributed by atoms with E-state index in [2.05, 4.69) is 15.9 Å². The molecule has 6 heteroatoms. The molecule has 15 heavy (non-hydrogen) atoms. The van der Waals surface area contributed by atoms with Gasteiger partial charge < -0.3 is 4.42 Å². The maximum Gasteiger partial charge on any atom is 0.424 e. The van der Waals surface area contributed by atoms with Crippen molar-refractivity contribution in [3.63, 3.8) is 0 Å². The number of alkyl halides is 2. The molecule has 0 saturated carbocycles. The number of aryl methyl sites for hydroxylation is 1.